The number of rotatable bonds is 4. The highest BCUT2D eigenvalue weighted by atomic mass is 35.5. The number of nitrogens with one attached hydrogen (secondary N) is 1. The van der Waals surface area contributed by atoms with E-state index in [1.165, 1.54) is 54.2 Å². The first-order chi connectivity index (χ1) is 12.3. The predicted octanol–water partition coefficient (Wildman–Crippen LogP) is 3.09. The SMILES string of the molecule is CC(O)(Cn1ncc2cc(F)ccc21)C(=O)Nc1ccc(C#N)c(Cl)c1. The Bertz CT molecular complexity index is 1040. The predicted molar refractivity (Wildman–Crippen MR) is 95.1 cm³/mol. The van der Waals surface area contributed by atoms with Crippen LogP contribution < -0.4 is 5.32 Å². The minimum Gasteiger partial charge on any atom is -0.378 e. The monoisotopic (exact) mass is 372 g/mol. The third-order valence-corrected chi connectivity index (χ3v) is 4.21. The maximum atomic E-state index is 13.3. The molecule has 0 saturated heterocycles. The van der Waals surface area contributed by atoms with Crippen LogP contribution in [-0.2, 0) is 11.3 Å². The van der Waals surface area contributed by atoms with Crippen LogP contribution in [0.15, 0.2) is 42.6 Å². The van der Waals surface area contributed by atoms with E-state index < -0.39 is 11.5 Å². The van der Waals surface area contributed by atoms with Gasteiger partial charge in [-0.25, -0.2) is 4.39 Å². The fourth-order valence-corrected chi connectivity index (χ4v) is 2.72. The number of aromatic nitrogens is 2. The second-order valence-electron chi connectivity index (χ2n) is 6.04. The molecule has 6 nitrogen and oxygen atoms in total. The molecule has 1 heterocycles. The van der Waals surface area contributed by atoms with Crippen molar-refractivity contribution in [1.82, 2.24) is 9.78 Å². The number of anilines is 1. The van der Waals surface area contributed by atoms with Crippen LogP contribution in [0, 0.1) is 17.1 Å². The van der Waals surface area contributed by atoms with Crippen molar-refractivity contribution in [2.24, 2.45) is 0 Å². The maximum Gasteiger partial charge on any atom is 0.257 e. The number of halogens is 2. The zero-order valence-corrected chi connectivity index (χ0v) is 14.5. The molecule has 1 atom stereocenters. The van der Waals surface area contributed by atoms with Gasteiger partial charge in [-0.2, -0.15) is 10.4 Å². The number of carbonyl (C=O) groups is 1. The molecule has 0 aliphatic carbocycles. The van der Waals surface area contributed by atoms with E-state index in [1.54, 1.807) is 0 Å². The Kier molecular flexibility index (Phi) is 4.64. The normalized spacial score (nSPS) is 13.2. The van der Waals surface area contributed by atoms with Gasteiger partial charge >= 0.3 is 0 Å². The molecule has 0 aliphatic rings. The quantitative estimate of drug-likeness (QED) is 0.736. The average molecular weight is 373 g/mol. The van der Waals surface area contributed by atoms with E-state index in [9.17, 15) is 14.3 Å². The van der Waals surface area contributed by atoms with E-state index in [0.29, 0.717) is 16.6 Å². The molecule has 3 rings (SSSR count). The molecule has 1 unspecified atom stereocenters. The van der Waals surface area contributed by atoms with Crippen LogP contribution in [0.25, 0.3) is 10.9 Å². The van der Waals surface area contributed by atoms with Crippen LogP contribution in [0.3, 0.4) is 0 Å². The standard InChI is InChI=1S/C18H14ClFN4O2/c1-18(26,10-24-16-5-3-13(20)6-12(16)9-22-24)17(25)23-14-4-2-11(8-21)15(19)7-14/h2-7,9,26H,10H2,1H3,(H,23,25). The Labute approximate surface area is 153 Å². The van der Waals surface area contributed by atoms with Crippen molar-refractivity contribution in [2.45, 2.75) is 19.1 Å². The summed E-state index contributed by atoms with van der Waals surface area (Å²) in [6.45, 7) is 1.22. The van der Waals surface area contributed by atoms with Gasteiger partial charge in [0.05, 0.1) is 28.8 Å². The number of benzene rings is 2. The minimum absolute atomic E-state index is 0.127. The molecule has 0 fully saturated rings. The molecule has 2 aromatic carbocycles. The van der Waals surface area contributed by atoms with Crippen molar-refractivity contribution >= 4 is 34.1 Å². The second-order valence-corrected chi connectivity index (χ2v) is 6.45. The summed E-state index contributed by atoms with van der Waals surface area (Å²) >= 11 is 5.94. The van der Waals surface area contributed by atoms with Gasteiger partial charge in [0.1, 0.15) is 11.9 Å². The van der Waals surface area contributed by atoms with E-state index in [-0.39, 0.29) is 22.9 Å². The first kappa shape index (κ1) is 17.9. The van der Waals surface area contributed by atoms with Crippen LogP contribution in [0.4, 0.5) is 10.1 Å². The van der Waals surface area contributed by atoms with Gasteiger partial charge in [0.25, 0.3) is 5.91 Å². The molecule has 0 spiro atoms. The third kappa shape index (κ3) is 3.52. The molecule has 0 saturated carbocycles. The van der Waals surface area contributed by atoms with E-state index in [2.05, 4.69) is 10.4 Å². The third-order valence-electron chi connectivity index (χ3n) is 3.90. The summed E-state index contributed by atoms with van der Waals surface area (Å²) < 4.78 is 14.7. The molecule has 0 radical (unpaired) electrons. The number of carbonyl (C=O) groups excluding carboxylic acids is 1. The summed E-state index contributed by atoms with van der Waals surface area (Å²) in [5, 5.41) is 26.9. The van der Waals surface area contributed by atoms with Crippen molar-refractivity contribution in [1.29, 1.82) is 5.26 Å². The Balaban J connectivity index is 1.79. The fourth-order valence-electron chi connectivity index (χ4n) is 2.50. The van der Waals surface area contributed by atoms with E-state index >= 15 is 0 Å². The Morgan fingerprint density at radius 3 is 2.88 bits per heavy atom. The molecule has 1 aromatic heterocycles. The van der Waals surface area contributed by atoms with Gasteiger partial charge in [-0.05, 0) is 43.3 Å². The molecule has 0 bridgehead atoms. The summed E-state index contributed by atoms with van der Waals surface area (Å²) in [4.78, 5) is 12.4. The molecule has 132 valence electrons. The summed E-state index contributed by atoms with van der Waals surface area (Å²) in [5.74, 6) is -1.05. The highest BCUT2D eigenvalue weighted by molar-refractivity contribution is 6.32. The molecule has 3 aromatic rings. The zero-order valence-electron chi connectivity index (χ0n) is 13.7. The maximum absolute atomic E-state index is 13.3. The molecule has 8 heteroatoms. The number of hydrogen-bond donors (Lipinski definition) is 2. The van der Waals surface area contributed by atoms with Crippen molar-refractivity contribution < 1.29 is 14.3 Å². The lowest BCUT2D eigenvalue weighted by Crippen LogP contribution is -2.44. The summed E-state index contributed by atoms with van der Waals surface area (Å²) in [7, 11) is 0. The molecule has 26 heavy (non-hydrogen) atoms. The minimum atomic E-state index is -1.78. The number of fused-ring (bicyclic) bond motifs is 1. The molecule has 1 amide bonds. The highest BCUT2D eigenvalue weighted by Crippen LogP contribution is 2.22. The lowest BCUT2D eigenvalue weighted by atomic mass is 10.1. The largest absolute Gasteiger partial charge is 0.378 e. The number of aliphatic hydroxyl groups is 1. The summed E-state index contributed by atoms with van der Waals surface area (Å²) in [6.07, 6.45) is 1.47. The van der Waals surface area contributed by atoms with Gasteiger partial charge in [0.2, 0.25) is 0 Å². The van der Waals surface area contributed by atoms with E-state index in [4.69, 9.17) is 16.9 Å². The van der Waals surface area contributed by atoms with Gasteiger partial charge in [0, 0.05) is 11.1 Å². The first-order valence-corrected chi connectivity index (χ1v) is 8.02. The van der Waals surface area contributed by atoms with Gasteiger partial charge in [0.15, 0.2) is 5.60 Å². The van der Waals surface area contributed by atoms with Gasteiger partial charge < -0.3 is 10.4 Å². The number of nitrogens with zero attached hydrogens (tertiary/aromatic N) is 3. The summed E-state index contributed by atoms with van der Waals surface area (Å²) in [6, 6.07) is 10.5. The Morgan fingerprint density at radius 2 is 2.19 bits per heavy atom. The molecule has 0 aliphatic heterocycles. The van der Waals surface area contributed by atoms with Gasteiger partial charge in [-0.15, -0.1) is 0 Å². The van der Waals surface area contributed by atoms with Gasteiger partial charge in [-0.3, -0.25) is 9.48 Å². The molecular weight excluding hydrogens is 359 g/mol. The van der Waals surface area contributed by atoms with Crippen molar-refractivity contribution in [3.05, 3.63) is 59.0 Å². The topological polar surface area (TPSA) is 90.9 Å². The van der Waals surface area contributed by atoms with Crippen LogP contribution in [0.2, 0.25) is 5.02 Å². The number of nitriles is 1. The molecule has 2 N–H and O–H groups in total. The van der Waals surface area contributed by atoms with Gasteiger partial charge in [-0.1, -0.05) is 11.6 Å². The number of amides is 1. The van der Waals surface area contributed by atoms with E-state index in [1.807, 2.05) is 6.07 Å². The number of hydrogen-bond acceptors (Lipinski definition) is 4. The smallest absolute Gasteiger partial charge is 0.257 e. The average Bonchev–Trinajstić information content (AvgIpc) is 2.96. The summed E-state index contributed by atoms with van der Waals surface area (Å²) in [5.41, 5.74) is -0.549. The zero-order chi connectivity index (χ0) is 18.9. The van der Waals surface area contributed by atoms with E-state index in [0.717, 1.165) is 0 Å². The van der Waals surface area contributed by atoms with Crippen LogP contribution >= 0.6 is 11.6 Å². The Morgan fingerprint density at radius 1 is 1.42 bits per heavy atom. The van der Waals surface area contributed by atoms with Crippen LogP contribution in [0.5, 0.6) is 0 Å². The second kappa shape index (κ2) is 6.75. The lowest BCUT2D eigenvalue weighted by Gasteiger charge is -2.22. The highest BCUT2D eigenvalue weighted by Gasteiger charge is 2.32. The van der Waals surface area contributed by atoms with Crippen LogP contribution in [-0.4, -0.2) is 26.4 Å². The van der Waals surface area contributed by atoms with Crippen LogP contribution in [0.1, 0.15) is 12.5 Å². The first-order valence-electron chi connectivity index (χ1n) is 7.65. The van der Waals surface area contributed by atoms with Crippen molar-refractivity contribution in [3.63, 3.8) is 0 Å². The van der Waals surface area contributed by atoms with Crippen molar-refractivity contribution in [2.75, 3.05) is 5.32 Å². The van der Waals surface area contributed by atoms with Crippen molar-refractivity contribution in [3.8, 4) is 6.07 Å². The molecular formula is C18H14ClFN4O2. The fraction of sp³-hybridized carbons (Fsp3) is 0.167. The Hall–Kier alpha value is -2.95. The lowest BCUT2D eigenvalue weighted by molar-refractivity contribution is -0.133.